The van der Waals surface area contributed by atoms with Crippen molar-refractivity contribution in [2.75, 3.05) is 54.0 Å². The molecule has 2 fully saturated rings. The number of piperazine rings is 1. The highest BCUT2D eigenvalue weighted by Gasteiger charge is 2.23. The van der Waals surface area contributed by atoms with Gasteiger partial charge in [-0.15, -0.1) is 0 Å². The molecule has 0 spiro atoms. The molecule has 8 heteroatoms. The lowest BCUT2D eigenvalue weighted by atomic mass is 10.3. The minimum absolute atomic E-state index is 0.850. The van der Waals surface area contributed by atoms with Gasteiger partial charge in [0.05, 0.1) is 5.69 Å². The van der Waals surface area contributed by atoms with Gasteiger partial charge in [0.15, 0.2) is 5.82 Å². The van der Waals surface area contributed by atoms with Crippen LogP contribution in [0.5, 0.6) is 0 Å². The van der Waals surface area contributed by atoms with Crippen LogP contribution in [-0.4, -0.2) is 63.8 Å². The number of rotatable bonds is 3. The molecule has 0 aliphatic carbocycles. The maximum Gasteiger partial charge on any atom is 0.154 e. The van der Waals surface area contributed by atoms with Crippen molar-refractivity contribution in [2.24, 2.45) is 0 Å². The van der Waals surface area contributed by atoms with E-state index in [1.54, 1.807) is 0 Å². The van der Waals surface area contributed by atoms with Crippen molar-refractivity contribution in [1.29, 1.82) is 0 Å². The number of hydrogen-bond acceptors (Lipinski definition) is 7. The summed E-state index contributed by atoms with van der Waals surface area (Å²) in [5.74, 6) is 3.98. The summed E-state index contributed by atoms with van der Waals surface area (Å²) >= 11 is 0. The van der Waals surface area contributed by atoms with Crippen LogP contribution in [0.3, 0.4) is 0 Å². The fraction of sp³-hybridized carbons (Fsp3) is 0.500. The highest BCUT2D eigenvalue weighted by Crippen LogP contribution is 2.25. The molecule has 0 bridgehead atoms. The van der Waals surface area contributed by atoms with Crippen LogP contribution in [0.15, 0.2) is 24.5 Å². The van der Waals surface area contributed by atoms with Crippen LogP contribution in [0.25, 0.3) is 5.52 Å². The van der Waals surface area contributed by atoms with Crippen molar-refractivity contribution in [1.82, 2.24) is 24.6 Å². The number of fused-ring (bicyclic) bond motifs is 1. The van der Waals surface area contributed by atoms with E-state index in [0.717, 1.165) is 73.8 Å². The molecule has 2 aliphatic rings. The molecule has 8 nitrogen and oxygen atoms in total. The van der Waals surface area contributed by atoms with Gasteiger partial charge in [-0.2, -0.15) is 5.10 Å². The van der Waals surface area contributed by atoms with Crippen LogP contribution in [0.2, 0.25) is 0 Å². The van der Waals surface area contributed by atoms with E-state index in [0.29, 0.717) is 0 Å². The van der Waals surface area contributed by atoms with Crippen molar-refractivity contribution in [2.45, 2.75) is 26.7 Å². The topological polar surface area (TPSA) is 65.7 Å². The Kier molecular flexibility index (Phi) is 4.26. The summed E-state index contributed by atoms with van der Waals surface area (Å²) in [6.07, 6.45) is 6.25. The number of aromatic nitrogens is 5. The highest BCUT2D eigenvalue weighted by molar-refractivity contribution is 5.69. The van der Waals surface area contributed by atoms with E-state index in [-0.39, 0.29) is 0 Å². The van der Waals surface area contributed by atoms with Gasteiger partial charge in [-0.1, -0.05) is 0 Å². The molecule has 0 aromatic carbocycles. The molecule has 0 N–H and O–H groups in total. The van der Waals surface area contributed by atoms with E-state index in [9.17, 15) is 0 Å². The summed E-state index contributed by atoms with van der Waals surface area (Å²) in [6.45, 7) is 9.89. The lowest BCUT2D eigenvalue weighted by molar-refractivity contribution is 0.640. The Labute approximate surface area is 164 Å². The summed E-state index contributed by atoms with van der Waals surface area (Å²) < 4.78 is 1.92. The molecule has 5 rings (SSSR count). The molecule has 0 unspecified atom stereocenters. The zero-order valence-corrected chi connectivity index (χ0v) is 16.5. The van der Waals surface area contributed by atoms with E-state index in [1.807, 2.05) is 30.8 Å². The van der Waals surface area contributed by atoms with Crippen LogP contribution < -0.4 is 14.7 Å². The van der Waals surface area contributed by atoms with Crippen molar-refractivity contribution in [3.8, 4) is 0 Å². The average molecular weight is 378 g/mol. The molecular weight excluding hydrogens is 352 g/mol. The molecule has 0 radical (unpaired) electrons. The largest absolute Gasteiger partial charge is 0.356 e. The van der Waals surface area contributed by atoms with Gasteiger partial charge >= 0.3 is 0 Å². The first-order valence-electron chi connectivity index (χ1n) is 10.1. The third kappa shape index (κ3) is 3.12. The summed E-state index contributed by atoms with van der Waals surface area (Å²) in [5.41, 5.74) is 2.08. The summed E-state index contributed by atoms with van der Waals surface area (Å²) in [6, 6.07) is 4.26. The Balaban J connectivity index is 1.34. The van der Waals surface area contributed by atoms with Gasteiger partial charge in [-0.05, 0) is 32.8 Å². The molecule has 2 saturated heterocycles. The predicted octanol–water partition coefficient (Wildman–Crippen LogP) is 2.06. The minimum Gasteiger partial charge on any atom is -0.356 e. The molecule has 0 amide bonds. The molecule has 5 heterocycles. The molecule has 28 heavy (non-hydrogen) atoms. The van der Waals surface area contributed by atoms with E-state index in [4.69, 9.17) is 4.98 Å². The average Bonchev–Trinajstić information content (AvgIpc) is 3.36. The Bertz CT molecular complexity index is 983. The number of nitrogens with zero attached hydrogens (tertiary/aromatic N) is 8. The summed E-state index contributed by atoms with van der Waals surface area (Å²) in [4.78, 5) is 21.1. The maximum atomic E-state index is 4.72. The van der Waals surface area contributed by atoms with Gasteiger partial charge in [0.2, 0.25) is 0 Å². The van der Waals surface area contributed by atoms with Crippen molar-refractivity contribution in [3.05, 3.63) is 36.0 Å². The van der Waals surface area contributed by atoms with Gasteiger partial charge in [0.25, 0.3) is 0 Å². The molecule has 0 atom stereocenters. The van der Waals surface area contributed by atoms with Gasteiger partial charge in [0.1, 0.15) is 23.0 Å². The molecule has 3 aromatic rings. The van der Waals surface area contributed by atoms with Gasteiger partial charge in [0, 0.05) is 57.7 Å². The van der Waals surface area contributed by atoms with Crippen LogP contribution in [-0.2, 0) is 0 Å². The predicted molar refractivity (Wildman–Crippen MR) is 110 cm³/mol. The smallest absolute Gasteiger partial charge is 0.154 e. The monoisotopic (exact) mass is 378 g/mol. The third-order valence-corrected chi connectivity index (χ3v) is 5.64. The number of anilines is 3. The molecular formula is C20H26N8. The van der Waals surface area contributed by atoms with Crippen LogP contribution in [0, 0.1) is 13.8 Å². The third-order valence-electron chi connectivity index (χ3n) is 5.64. The van der Waals surface area contributed by atoms with E-state index < -0.39 is 0 Å². The van der Waals surface area contributed by atoms with Gasteiger partial charge in [-0.3, -0.25) is 0 Å². The van der Waals surface area contributed by atoms with E-state index in [1.165, 1.54) is 12.8 Å². The highest BCUT2D eigenvalue weighted by atomic mass is 15.3. The minimum atomic E-state index is 0.850. The number of hydrogen-bond donors (Lipinski definition) is 0. The SMILES string of the molecule is Cc1cc2c(N3CCN(c4cc(N5CCCC5)nc(C)n4)CC3)nccn2n1. The summed E-state index contributed by atoms with van der Waals surface area (Å²) in [7, 11) is 0. The maximum absolute atomic E-state index is 4.72. The van der Waals surface area contributed by atoms with Gasteiger partial charge < -0.3 is 14.7 Å². The molecule has 3 aromatic heterocycles. The van der Waals surface area contributed by atoms with Gasteiger partial charge in [-0.25, -0.2) is 19.5 Å². The Morgan fingerprint density at radius 3 is 2.14 bits per heavy atom. The second kappa shape index (κ2) is 6.92. The Morgan fingerprint density at radius 1 is 0.786 bits per heavy atom. The zero-order valence-electron chi connectivity index (χ0n) is 16.5. The molecule has 2 aliphatic heterocycles. The van der Waals surface area contributed by atoms with Crippen LogP contribution in [0.4, 0.5) is 17.5 Å². The second-order valence-corrected chi connectivity index (χ2v) is 7.67. The Hall–Kier alpha value is -2.90. The lowest BCUT2D eigenvalue weighted by Crippen LogP contribution is -2.47. The molecule has 146 valence electrons. The normalized spacial score (nSPS) is 17.7. The first-order chi connectivity index (χ1) is 13.7. The number of aryl methyl sites for hydroxylation is 2. The van der Waals surface area contributed by atoms with Crippen LogP contribution in [0.1, 0.15) is 24.4 Å². The quantitative estimate of drug-likeness (QED) is 0.691. The first kappa shape index (κ1) is 17.2. The second-order valence-electron chi connectivity index (χ2n) is 7.67. The Morgan fingerprint density at radius 2 is 1.43 bits per heavy atom. The van der Waals surface area contributed by atoms with E-state index in [2.05, 4.69) is 41.9 Å². The van der Waals surface area contributed by atoms with Crippen LogP contribution >= 0.6 is 0 Å². The summed E-state index contributed by atoms with van der Waals surface area (Å²) in [5, 5.41) is 4.51. The molecule has 0 saturated carbocycles. The zero-order chi connectivity index (χ0) is 19.1. The first-order valence-corrected chi connectivity index (χ1v) is 10.1. The fourth-order valence-corrected chi connectivity index (χ4v) is 4.23. The van der Waals surface area contributed by atoms with E-state index >= 15 is 0 Å². The fourth-order valence-electron chi connectivity index (χ4n) is 4.23. The van der Waals surface area contributed by atoms with Crippen molar-refractivity contribution < 1.29 is 0 Å². The lowest BCUT2D eigenvalue weighted by Gasteiger charge is -2.36. The standard InChI is InChI=1S/C20H26N8/c1-15-13-17-20(21-5-8-28(17)24-15)27-11-9-26(10-12-27)19-14-18(22-16(2)23-19)25-6-3-4-7-25/h5,8,13-14H,3-4,6-7,9-12H2,1-2H3. The van der Waals surface area contributed by atoms with Crippen molar-refractivity contribution in [3.63, 3.8) is 0 Å². The van der Waals surface area contributed by atoms with Crippen molar-refractivity contribution >= 4 is 23.0 Å².